The lowest BCUT2D eigenvalue weighted by atomic mass is 10.1. The molecule has 0 aliphatic carbocycles. The van der Waals surface area contributed by atoms with Crippen molar-refractivity contribution in [2.45, 2.75) is 32.2 Å². The van der Waals surface area contributed by atoms with Crippen LogP contribution in [-0.4, -0.2) is 26.6 Å². The van der Waals surface area contributed by atoms with Gasteiger partial charge < -0.3 is 5.32 Å². The largest absolute Gasteiger partial charge is 0.324 e. The third kappa shape index (κ3) is 2.92. The number of benzene rings is 2. The fraction of sp³-hybridized carbons (Fsp3) is 0.263. The highest BCUT2D eigenvalue weighted by molar-refractivity contribution is 6.05. The molecule has 1 aliphatic rings. The van der Waals surface area contributed by atoms with Gasteiger partial charge in [-0.2, -0.15) is 10.1 Å². The number of fused-ring (bicyclic) bond motifs is 2. The second-order valence-corrected chi connectivity index (χ2v) is 6.33. The van der Waals surface area contributed by atoms with Gasteiger partial charge in [-0.15, -0.1) is 0 Å². The Bertz CT molecular complexity index is 989. The van der Waals surface area contributed by atoms with Crippen molar-refractivity contribution in [1.82, 2.24) is 14.8 Å². The molecule has 2 heterocycles. The van der Waals surface area contributed by atoms with Gasteiger partial charge in [0.15, 0.2) is 5.82 Å². The number of anilines is 2. The summed E-state index contributed by atoms with van der Waals surface area (Å²) in [5, 5.41) is 12.0. The molecule has 7 nitrogen and oxygen atoms in total. The zero-order chi connectivity index (χ0) is 18.1. The van der Waals surface area contributed by atoms with Crippen LogP contribution in [0.3, 0.4) is 0 Å². The van der Waals surface area contributed by atoms with Crippen LogP contribution in [0.25, 0.3) is 10.8 Å². The van der Waals surface area contributed by atoms with Gasteiger partial charge in [-0.3, -0.25) is 14.9 Å². The summed E-state index contributed by atoms with van der Waals surface area (Å²) in [6.07, 6.45) is 1.64. The molecule has 2 N–H and O–H groups in total. The van der Waals surface area contributed by atoms with Crippen molar-refractivity contribution in [3.8, 4) is 0 Å². The van der Waals surface area contributed by atoms with E-state index in [1.54, 1.807) is 0 Å². The summed E-state index contributed by atoms with van der Waals surface area (Å²) >= 11 is 0. The smallest absolute Gasteiger partial charge is 0.249 e. The van der Waals surface area contributed by atoms with Gasteiger partial charge in [-0.1, -0.05) is 43.3 Å². The Balaban J connectivity index is 1.65. The van der Waals surface area contributed by atoms with E-state index in [0.29, 0.717) is 18.2 Å². The zero-order valence-electron chi connectivity index (χ0n) is 14.4. The topological polar surface area (TPSA) is 88.9 Å². The van der Waals surface area contributed by atoms with Gasteiger partial charge in [0.2, 0.25) is 17.8 Å². The summed E-state index contributed by atoms with van der Waals surface area (Å²) in [4.78, 5) is 29.2. The molecule has 0 bridgehead atoms. The highest BCUT2D eigenvalue weighted by Crippen LogP contribution is 2.27. The molecule has 3 aromatic rings. The number of hydrogen-bond acceptors (Lipinski definition) is 4. The number of aryl methyl sites for hydroxylation is 1. The number of aromatic nitrogens is 3. The van der Waals surface area contributed by atoms with Crippen molar-refractivity contribution < 1.29 is 9.59 Å². The van der Waals surface area contributed by atoms with Crippen LogP contribution in [0, 0.1) is 0 Å². The van der Waals surface area contributed by atoms with E-state index in [0.717, 1.165) is 22.9 Å². The van der Waals surface area contributed by atoms with Crippen LogP contribution in [0.1, 0.15) is 31.6 Å². The van der Waals surface area contributed by atoms with E-state index in [9.17, 15) is 9.59 Å². The van der Waals surface area contributed by atoms with Crippen LogP contribution >= 0.6 is 0 Å². The minimum absolute atomic E-state index is 0.0402. The van der Waals surface area contributed by atoms with Crippen molar-refractivity contribution in [3.05, 3.63) is 48.3 Å². The monoisotopic (exact) mass is 349 g/mol. The molecule has 0 fully saturated rings. The Hall–Kier alpha value is -3.22. The molecule has 132 valence electrons. The van der Waals surface area contributed by atoms with Crippen LogP contribution in [0.15, 0.2) is 42.5 Å². The predicted molar refractivity (Wildman–Crippen MR) is 98.9 cm³/mol. The highest BCUT2D eigenvalue weighted by atomic mass is 16.2. The Morgan fingerprint density at radius 2 is 2.08 bits per heavy atom. The Morgan fingerprint density at radius 1 is 1.27 bits per heavy atom. The van der Waals surface area contributed by atoms with Gasteiger partial charge in [0.1, 0.15) is 6.04 Å². The van der Waals surface area contributed by atoms with E-state index >= 15 is 0 Å². The maximum atomic E-state index is 12.9. The molecule has 2 amide bonds. The molecule has 0 saturated carbocycles. The van der Waals surface area contributed by atoms with Crippen LogP contribution in [0.2, 0.25) is 0 Å². The lowest BCUT2D eigenvalue weighted by Gasteiger charge is -2.22. The number of amides is 2. The molecule has 1 aliphatic heterocycles. The number of carbonyl (C=O) groups is 2. The van der Waals surface area contributed by atoms with Gasteiger partial charge >= 0.3 is 0 Å². The molecule has 2 aromatic carbocycles. The standard InChI is InChI=1S/C19H19N5O2/c1-2-6-16-21-19-22-17(25)11-15(24(19)23-16)18(26)20-14-10-5-8-12-7-3-4-9-13(12)14/h3-5,7-10,15H,2,6,11H2,1H3,(H,20,26)(H,21,22,23,25)/t15-/m0/s1. The van der Waals surface area contributed by atoms with Gasteiger partial charge in [0.05, 0.1) is 6.42 Å². The lowest BCUT2D eigenvalue weighted by molar-refractivity contribution is -0.125. The summed E-state index contributed by atoms with van der Waals surface area (Å²) in [5.74, 6) is 0.465. The van der Waals surface area contributed by atoms with Gasteiger partial charge in [-0.25, -0.2) is 4.68 Å². The van der Waals surface area contributed by atoms with Crippen molar-refractivity contribution >= 4 is 34.2 Å². The van der Waals surface area contributed by atoms with E-state index in [-0.39, 0.29) is 18.2 Å². The fourth-order valence-corrected chi connectivity index (χ4v) is 3.19. The molecular formula is C19H19N5O2. The number of hydrogen-bond donors (Lipinski definition) is 2. The molecule has 1 atom stereocenters. The average Bonchev–Trinajstić information content (AvgIpc) is 3.03. The van der Waals surface area contributed by atoms with Gasteiger partial charge in [-0.05, 0) is 17.9 Å². The van der Waals surface area contributed by atoms with Crippen molar-refractivity contribution in [3.63, 3.8) is 0 Å². The molecule has 4 rings (SSSR count). The summed E-state index contributed by atoms with van der Waals surface area (Å²) in [6.45, 7) is 2.03. The van der Waals surface area contributed by atoms with E-state index in [1.807, 2.05) is 49.4 Å². The highest BCUT2D eigenvalue weighted by Gasteiger charge is 2.33. The first-order valence-electron chi connectivity index (χ1n) is 8.69. The number of nitrogens with zero attached hydrogens (tertiary/aromatic N) is 3. The number of carbonyl (C=O) groups excluding carboxylic acids is 2. The Labute approximate surface area is 150 Å². The minimum Gasteiger partial charge on any atom is -0.324 e. The van der Waals surface area contributed by atoms with Crippen LogP contribution < -0.4 is 10.6 Å². The first kappa shape index (κ1) is 16.3. The Morgan fingerprint density at radius 3 is 2.92 bits per heavy atom. The molecule has 7 heteroatoms. The third-order valence-corrected chi connectivity index (χ3v) is 4.42. The summed E-state index contributed by atoms with van der Waals surface area (Å²) in [6, 6.07) is 12.9. The zero-order valence-corrected chi connectivity index (χ0v) is 14.4. The quantitative estimate of drug-likeness (QED) is 0.758. The molecule has 0 unspecified atom stereocenters. The van der Waals surface area contributed by atoms with E-state index in [2.05, 4.69) is 20.7 Å². The Kier molecular flexibility index (Phi) is 4.12. The normalized spacial score (nSPS) is 16.2. The maximum Gasteiger partial charge on any atom is 0.249 e. The van der Waals surface area contributed by atoms with E-state index < -0.39 is 6.04 Å². The van der Waals surface area contributed by atoms with Crippen molar-refractivity contribution in [1.29, 1.82) is 0 Å². The first-order valence-corrected chi connectivity index (χ1v) is 8.69. The molecule has 0 radical (unpaired) electrons. The summed E-state index contributed by atoms with van der Waals surface area (Å²) in [7, 11) is 0. The first-order chi connectivity index (χ1) is 12.7. The van der Waals surface area contributed by atoms with Crippen LogP contribution in [-0.2, 0) is 16.0 Å². The molecule has 0 saturated heterocycles. The fourth-order valence-electron chi connectivity index (χ4n) is 3.19. The number of nitrogens with one attached hydrogen (secondary N) is 2. The second-order valence-electron chi connectivity index (χ2n) is 6.33. The van der Waals surface area contributed by atoms with Crippen molar-refractivity contribution in [2.75, 3.05) is 10.6 Å². The van der Waals surface area contributed by atoms with Crippen LogP contribution in [0.4, 0.5) is 11.6 Å². The summed E-state index contributed by atoms with van der Waals surface area (Å²) in [5.41, 5.74) is 0.717. The third-order valence-electron chi connectivity index (χ3n) is 4.42. The van der Waals surface area contributed by atoms with Gasteiger partial charge in [0.25, 0.3) is 0 Å². The molecule has 0 spiro atoms. The molecule has 1 aromatic heterocycles. The van der Waals surface area contributed by atoms with Gasteiger partial charge in [0, 0.05) is 17.5 Å². The predicted octanol–water partition coefficient (Wildman–Crippen LogP) is 2.91. The molecule has 26 heavy (non-hydrogen) atoms. The van der Waals surface area contributed by atoms with Crippen molar-refractivity contribution in [2.24, 2.45) is 0 Å². The SMILES string of the molecule is CCCc1nc2n(n1)[C@H](C(=O)Nc1cccc3ccccc13)CC(=O)N2. The van der Waals surface area contributed by atoms with E-state index in [4.69, 9.17) is 0 Å². The second kappa shape index (κ2) is 6.59. The van der Waals surface area contributed by atoms with Crippen LogP contribution in [0.5, 0.6) is 0 Å². The maximum absolute atomic E-state index is 12.9. The number of rotatable bonds is 4. The lowest BCUT2D eigenvalue weighted by Crippen LogP contribution is -2.36. The summed E-state index contributed by atoms with van der Waals surface area (Å²) < 4.78 is 1.52. The average molecular weight is 349 g/mol. The van der Waals surface area contributed by atoms with E-state index in [1.165, 1.54) is 4.68 Å². The minimum atomic E-state index is -0.712. The molecular weight excluding hydrogens is 330 g/mol.